The van der Waals surface area contributed by atoms with Gasteiger partial charge in [0, 0.05) is 30.8 Å². The Labute approximate surface area is 113 Å². The summed E-state index contributed by atoms with van der Waals surface area (Å²) in [6, 6.07) is 0. The second kappa shape index (κ2) is 4.72. The first-order valence-corrected chi connectivity index (χ1v) is 7.09. The monoisotopic (exact) mass is 259 g/mol. The number of nitrogens with two attached hydrogens (primary N) is 1. The highest BCUT2D eigenvalue weighted by atomic mass is 15.3. The van der Waals surface area contributed by atoms with Gasteiger partial charge in [0.25, 0.3) is 0 Å². The summed E-state index contributed by atoms with van der Waals surface area (Å²) >= 11 is 0. The molecule has 0 bridgehead atoms. The molecule has 0 saturated heterocycles. The zero-order valence-corrected chi connectivity index (χ0v) is 11.6. The Morgan fingerprint density at radius 3 is 3.05 bits per heavy atom. The lowest BCUT2D eigenvalue weighted by Gasteiger charge is -2.20. The number of rotatable bonds is 3. The number of nitrogen functional groups attached to an aromatic ring is 1. The zero-order chi connectivity index (χ0) is 13.4. The maximum Gasteiger partial charge on any atom is 0.131 e. The van der Waals surface area contributed by atoms with Crippen molar-refractivity contribution in [3.05, 3.63) is 18.2 Å². The van der Waals surface area contributed by atoms with E-state index in [1.165, 1.54) is 12.8 Å². The third-order valence-corrected chi connectivity index (χ3v) is 3.86. The molecule has 2 aromatic heterocycles. The van der Waals surface area contributed by atoms with Crippen LogP contribution in [0, 0.1) is 0 Å². The smallest absolute Gasteiger partial charge is 0.131 e. The van der Waals surface area contributed by atoms with Crippen molar-refractivity contribution in [1.29, 1.82) is 0 Å². The topological polar surface area (TPSA) is 61.7 Å². The molecular weight excluding hydrogens is 238 g/mol. The van der Waals surface area contributed by atoms with E-state index in [0.29, 0.717) is 5.92 Å². The van der Waals surface area contributed by atoms with E-state index >= 15 is 0 Å². The average molecular weight is 259 g/mol. The van der Waals surface area contributed by atoms with Crippen LogP contribution in [0.3, 0.4) is 0 Å². The van der Waals surface area contributed by atoms with E-state index in [4.69, 9.17) is 10.7 Å². The maximum atomic E-state index is 6.27. The SMILES string of the molecule is CCCn1cc(-c2nc3n(c2N)CCCC3C)cn1. The number of aromatic nitrogens is 4. The molecule has 0 radical (unpaired) electrons. The van der Waals surface area contributed by atoms with Crippen molar-refractivity contribution in [3.8, 4) is 11.3 Å². The molecule has 1 aliphatic heterocycles. The summed E-state index contributed by atoms with van der Waals surface area (Å²) in [7, 11) is 0. The first kappa shape index (κ1) is 12.3. The van der Waals surface area contributed by atoms with E-state index in [1.807, 2.05) is 17.1 Å². The van der Waals surface area contributed by atoms with Crippen molar-refractivity contribution in [2.45, 2.75) is 52.1 Å². The highest BCUT2D eigenvalue weighted by Crippen LogP contribution is 2.34. The Balaban J connectivity index is 2.00. The van der Waals surface area contributed by atoms with Crippen molar-refractivity contribution in [2.75, 3.05) is 5.73 Å². The molecule has 3 rings (SSSR count). The van der Waals surface area contributed by atoms with Crippen molar-refractivity contribution < 1.29 is 0 Å². The highest BCUT2D eigenvalue weighted by Gasteiger charge is 2.24. The molecule has 1 aliphatic rings. The van der Waals surface area contributed by atoms with Gasteiger partial charge in [-0.3, -0.25) is 4.68 Å². The van der Waals surface area contributed by atoms with Gasteiger partial charge in [0.15, 0.2) is 0 Å². The Kier molecular flexibility index (Phi) is 3.05. The number of hydrogen-bond acceptors (Lipinski definition) is 3. The molecule has 0 fully saturated rings. The number of hydrogen-bond donors (Lipinski definition) is 1. The zero-order valence-electron chi connectivity index (χ0n) is 11.6. The van der Waals surface area contributed by atoms with Crippen LogP contribution >= 0.6 is 0 Å². The molecule has 0 spiro atoms. The highest BCUT2D eigenvalue weighted by molar-refractivity contribution is 5.70. The van der Waals surface area contributed by atoms with Gasteiger partial charge in [0.1, 0.15) is 17.3 Å². The lowest BCUT2D eigenvalue weighted by molar-refractivity contribution is 0.467. The van der Waals surface area contributed by atoms with Crippen molar-refractivity contribution in [3.63, 3.8) is 0 Å². The minimum atomic E-state index is 0.496. The molecule has 1 unspecified atom stereocenters. The predicted molar refractivity (Wildman–Crippen MR) is 75.8 cm³/mol. The summed E-state index contributed by atoms with van der Waals surface area (Å²) < 4.78 is 4.12. The summed E-state index contributed by atoms with van der Waals surface area (Å²) in [5, 5.41) is 4.36. The van der Waals surface area contributed by atoms with Gasteiger partial charge in [-0.1, -0.05) is 13.8 Å². The molecule has 5 heteroatoms. The molecule has 102 valence electrons. The maximum absolute atomic E-state index is 6.27. The van der Waals surface area contributed by atoms with E-state index < -0.39 is 0 Å². The first-order valence-electron chi connectivity index (χ1n) is 7.09. The van der Waals surface area contributed by atoms with Crippen LogP contribution in [-0.4, -0.2) is 19.3 Å². The quantitative estimate of drug-likeness (QED) is 0.921. The van der Waals surface area contributed by atoms with Gasteiger partial charge in [0.2, 0.25) is 0 Å². The van der Waals surface area contributed by atoms with Gasteiger partial charge in [-0.15, -0.1) is 0 Å². The molecule has 2 N–H and O–H groups in total. The first-order chi connectivity index (χ1) is 9.20. The van der Waals surface area contributed by atoms with Crippen molar-refractivity contribution >= 4 is 5.82 Å². The number of nitrogens with zero attached hydrogens (tertiary/aromatic N) is 4. The Morgan fingerprint density at radius 1 is 1.47 bits per heavy atom. The fourth-order valence-electron chi connectivity index (χ4n) is 2.83. The molecule has 1 atom stereocenters. The molecule has 0 aromatic carbocycles. The molecule has 0 saturated carbocycles. The van der Waals surface area contributed by atoms with Crippen LogP contribution < -0.4 is 5.73 Å². The van der Waals surface area contributed by atoms with Gasteiger partial charge < -0.3 is 10.3 Å². The van der Waals surface area contributed by atoms with Crippen LogP contribution in [0.2, 0.25) is 0 Å². The normalized spacial score (nSPS) is 18.5. The second-order valence-electron chi connectivity index (χ2n) is 5.39. The van der Waals surface area contributed by atoms with E-state index in [-0.39, 0.29) is 0 Å². The number of anilines is 1. The predicted octanol–water partition coefficient (Wildman–Crippen LogP) is 2.64. The summed E-state index contributed by atoms with van der Waals surface area (Å²) in [4.78, 5) is 4.76. The standard InChI is InChI=1S/C14H21N5/c1-3-6-18-9-11(8-16-18)12-13(15)19-7-4-5-10(2)14(19)17-12/h8-10H,3-7,15H2,1-2H3. The third-order valence-electron chi connectivity index (χ3n) is 3.86. The van der Waals surface area contributed by atoms with Crippen LogP contribution in [0.25, 0.3) is 11.3 Å². The summed E-state index contributed by atoms with van der Waals surface area (Å²) in [6.45, 7) is 6.29. The summed E-state index contributed by atoms with van der Waals surface area (Å²) in [6.07, 6.45) is 7.37. The van der Waals surface area contributed by atoms with Crippen LogP contribution in [0.4, 0.5) is 5.82 Å². The van der Waals surface area contributed by atoms with Gasteiger partial charge in [-0.2, -0.15) is 5.10 Å². The molecule has 0 aliphatic carbocycles. The molecule has 5 nitrogen and oxygen atoms in total. The van der Waals surface area contributed by atoms with E-state index in [1.54, 1.807) is 0 Å². The van der Waals surface area contributed by atoms with E-state index in [0.717, 1.165) is 42.4 Å². The lowest BCUT2D eigenvalue weighted by atomic mass is 10.0. The Bertz CT molecular complexity index is 581. The van der Waals surface area contributed by atoms with Crippen molar-refractivity contribution in [2.24, 2.45) is 0 Å². The van der Waals surface area contributed by atoms with Gasteiger partial charge in [-0.05, 0) is 19.3 Å². The van der Waals surface area contributed by atoms with E-state index in [9.17, 15) is 0 Å². The number of aryl methyl sites for hydroxylation is 1. The Morgan fingerprint density at radius 2 is 2.32 bits per heavy atom. The minimum Gasteiger partial charge on any atom is -0.383 e. The molecule has 3 heterocycles. The number of imidazole rings is 1. The van der Waals surface area contributed by atoms with E-state index in [2.05, 4.69) is 23.5 Å². The van der Waals surface area contributed by atoms with Crippen molar-refractivity contribution in [1.82, 2.24) is 19.3 Å². The average Bonchev–Trinajstić information content (AvgIpc) is 2.97. The van der Waals surface area contributed by atoms with Crippen LogP contribution in [0.5, 0.6) is 0 Å². The van der Waals surface area contributed by atoms with Gasteiger partial charge >= 0.3 is 0 Å². The van der Waals surface area contributed by atoms with Gasteiger partial charge in [-0.25, -0.2) is 4.98 Å². The molecular formula is C14H21N5. The fourth-order valence-corrected chi connectivity index (χ4v) is 2.83. The largest absolute Gasteiger partial charge is 0.383 e. The summed E-state index contributed by atoms with van der Waals surface area (Å²) in [5.74, 6) is 2.41. The molecule has 19 heavy (non-hydrogen) atoms. The Hall–Kier alpha value is -1.78. The molecule has 2 aromatic rings. The molecule has 0 amide bonds. The number of fused-ring (bicyclic) bond motifs is 1. The second-order valence-corrected chi connectivity index (χ2v) is 5.39. The lowest BCUT2D eigenvalue weighted by Crippen LogP contribution is -2.15. The summed E-state index contributed by atoms with van der Waals surface area (Å²) in [5.41, 5.74) is 8.19. The minimum absolute atomic E-state index is 0.496. The van der Waals surface area contributed by atoms with Crippen LogP contribution in [-0.2, 0) is 13.1 Å². The van der Waals surface area contributed by atoms with Gasteiger partial charge in [0.05, 0.1) is 6.20 Å². The third kappa shape index (κ3) is 2.03. The van der Waals surface area contributed by atoms with Crippen LogP contribution in [0.1, 0.15) is 44.9 Å². The van der Waals surface area contributed by atoms with Crippen LogP contribution in [0.15, 0.2) is 12.4 Å². The fraction of sp³-hybridized carbons (Fsp3) is 0.571.